The molecule has 1 aliphatic rings. The topological polar surface area (TPSA) is 79.3 Å². The third-order valence-corrected chi connectivity index (χ3v) is 4.32. The Morgan fingerprint density at radius 3 is 2.56 bits per heavy atom. The van der Waals surface area contributed by atoms with E-state index < -0.39 is 0 Å². The van der Waals surface area contributed by atoms with Gasteiger partial charge in [0.05, 0.1) is 13.2 Å². The van der Waals surface area contributed by atoms with E-state index in [-0.39, 0.29) is 17.6 Å². The molecule has 2 rings (SSSR count). The zero-order valence-electron chi connectivity index (χ0n) is 16.0. The maximum Gasteiger partial charge on any atom is 0.409 e. The molecule has 1 heterocycles. The third-order valence-electron chi connectivity index (χ3n) is 4.32. The molecule has 27 heavy (non-hydrogen) atoms. The van der Waals surface area contributed by atoms with Gasteiger partial charge in [-0.2, -0.15) is 0 Å². The van der Waals surface area contributed by atoms with Crippen LogP contribution in [0.2, 0.25) is 0 Å². The summed E-state index contributed by atoms with van der Waals surface area (Å²) in [6.45, 7) is 7.88. The van der Waals surface area contributed by atoms with Crippen LogP contribution in [0.5, 0.6) is 11.5 Å². The van der Waals surface area contributed by atoms with Gasteiger partial charge in [0.1, 0.15) is 0 Å². The summed E-state index contributed by atoms with van der Waals surface area (Å²) in [5, 5.41) is 9.70. The first-order valence-electron chi connectivity index (χ1n) is 9.34. The van der Waals surface area contributed by atoms with Crippen molar-refractivity contribution >= 4 is 18.0 Å². The fourth-order valence-electron chi connectivity index (χ4n) is 2.82. The van der Waals surface area contributed by atoms with Crippen LogP contribution >= 0.6 is 0 Å². The van der Waals surface area contributed by atoms with Gasteiger partial charge in [-0.3, -0.25) is 9.69 Å². The Morgan fingerprint density at radius 2 is 1.89 bits per heavy atom. The lowest BCUT2D eigenvalue weighted by molar-refractivity contribution is -0.115. The number of phenols is 1. The van der Waals surface area contributed by atoms with Crippen LogP contribution < -0.4 is 4.74 Å². The zero-order chi connectivity index (χ0) is 19.6. The summed E-state index contributed by atoms with van der Waals surface area (Å²) in [5.74, 6) is 0.530. The van der Waals surface area contributed by atoms with E-state index in [1.807, 2.05) is 6.92 Å². The Bertz CT molecular complexity index is 666. The van der Waals surface area contributed by atoms with E-state index in [0.717, 1.165) is 18.7 Å². The molecule has 1 amide bonds. The molecule has 1 aromatic rings. The average molecular weight is 376 g/mol. The van der Waals surface area contributed by atoms with Crippen molar-refractivity contribution in [1.82, 2.24) is 9.80 Å². The van der Waals surface area contributed by atoms with Crippen LogP contribution in [0.4, 0.5) is 4.79 Å². The lowest BCUT2D eigenvalue weighted by Gasteiger charge is -2.33. The number of allylic oxidation sites excluding steroid dienone is 1. The summed E-state index contributed by atoms with van der Waals surface area (Å²) in [6, 6.07) is 4.99. The SMILES string of the molecule is CCOC(=O)N1CCN(CCC(=O)C=Cc2ccc(O)c(OCC)c2)CC1. The van der Waals surface area contributed by atoms with Gasteiger partial charge in [-0.05, 0) is 37.6 Å². The fourth-order valence-corrected chi connectivity index (χ4v) is 2.82. The van der Waals surface area contributed by atoms with Crippen LogP contribution in [-0.4, -0.2) is 72.7 Å². The molecule has 1 fully saturated rings. The Labute approximate surface area is 160 Å². The number of nitrogens with zero attached hydrogens (tertiary/aromatic N) is 2. The summed E-state index contributed by atoms with van der Waals surface area (Å²) in [6.07, 6.45) is 3.43. The molecule has 1 N–H and O–H groups in total. The number of benzene rings is 1. The van der Waals surface area contributed by atoms with Crippen molar-refractivity contribution in [2.45, 2.75) is 20.3 Å². The molecule has 0 radical (unpaired) electrons. The van der Waals surface area contributed by atoms with Gasteiger partial charge in [0.15, 0.2) is 17.3 Å². The monoisotopic (exact) mass is 376 g/mol. The highest BCUT2D eigenvalue weighted by Gasteiger charge is 2.21. The summed E-state index contributed by atoms with van der Waals surface area (Å²) in [5.41, 5.74) is 0.799. The number of hydrogen-bond acceptors (Lipinski definition) is 6. The molecule has 1 aliphatic heterocycles. The van der Waals surface area contributed by atoms with Gasteiger partial charge in [0.25, 0.3) is 0 Å². The number of ketones is 1. The van der Waals surface area contributed by atoms with E-state index in [0.29, 0.717) is 45.0 Å². The number of phenolic OH excluding ortho intramolecular Hbond substituents is 1. The Kier molecular flexibility index (Phi) is 8.13. The molecule has 0 saturated carbocycles. The number of rotatable bonds is 8. The number of amides is 1. The molecule has 0 unspecified atom stereocenters. The zero-order valence-corrected chi connectivity index (χ0v) is 16.0. The van der Waals surface area contributed by atoms with E-state index in [2.05, 4.69) is 4.90 Å². The van der Waals surface area contributed by atoms with Gasteiger partial charge >= 0.3 is 6.09 Å². The molecular formula is C20H28N2O5. The highest BCUT2D eigenvalue weighted by Crippen LogP contribution is 2.27. The van der Waals surface area contributed by atoms with Crippen LogP contribution in [0, 0.1) is 0 Å². The van der Waals surface area contributed by atoms with Crippen LogP contribution in [0.15, 0.2) is 24.3 Å². The molecule has 7 heteroatoms. The van der Waals surface area contributed by atoms with Crippen molar-refractivity contribution in [2.75, 3.05) is 45.9 Å². The predicted octanol–water partition coefficient (Wildman–Crippen LogP) is 2.54. The Balaban J connectivity index is 1.76. The Hall–Kier alpha value is -2.54. The van der Waals surface area contributed by atoms with E-state index in [1.165, 1.54) is 0 Å². The van der Waals surface area contributed by atoms with Crippen molar-refractivity contribution in [3.63, 3.8) is 0 Å². The number of hydrogen-bond donors (Lipinski definition) is 1. The van der Waals surface area contributed by atoms with Crippen LogP contribution in [0.3, 0.4) is 0 Å². The molecule has 0 aliphatic carbocycles. The van der Waals surface area contributed by atoms with Crippen molar-refractivity contribution in [1.29, 1.82) is 0 Å². The molecular weight excluding hydrogens is 348 g/mol. The second-order valence-corrected chi connectivity index (χ2v) is 6.24. The maximum atomic E-state index is 12.1. The molecule has 0 atom stereocenters. The minimum absolute atomic E-state index is 0.0360. The van der Waals surface area contributed by atoms with Crippen molar-refractivity contribution in [3.8, 4) is 11.5 Å². The third kappa shape index (κ3) is 6.60. The highest BCUT2D eigenvalue weighted by molar-refractivity contribution is 5.93. The van der Waals surface area contributed by atoms with Gasteiger partial charge < -0.3 is 19.5 Å². The number of aromatic hydroxyl groups is 1. The van der Waals surface area contributed by atoms with Gasteiger partial charge in [-0.1, -0.05) is 12.1 Å². The van der Waals surface area contributed by atoms with Gasteiger partial charge in [0, 0.05) is 39.1 Å². The molecule has 0 bridgehead atoms. The molecule has 1 saturated heterocycles. The number of ether oxygens (including phenoxy) is 2. The van der Waals surface area contributed by atoms with Crippen LogP contribution in [0.1, 0.15) is 25.8 Å². The lowest BCUT2D eigenvalue weighted by atomic mass is 10.1. The number of piperazine rings is 1. The fraction of sp³-hybridized carbons (Fsp3) is 0.500. The predicted molar refractivity (Wildman–Crippen MR) is 103 cm³/mol. The van der Waals surface area contributed by atoms with E-state index in [9.17, 15) is 14.7 Å². The second-order valence-electron chi connectivity index (χ2n) is 6.24. The maximum absolute atomic E-state index is 12.1. The summed E-state index contributed by atoms with van der Waals surface area (Å²) in [7, 11) is 0. The summed E-state index contributed by atoms with van der Waals surface area (Å²) >= 11 is 0. The van der Waals surface area contributed by atoms with Crippen molar-refractivity contribution in [2.24, 2.45) is 0 Å². The minimum Gasteiger partial charge on any atom is -0.504 e. The number of carbonyl (C=O) groups excluding carboxylic acids is 2. The molecule has 0 aromatic heterocycles. The lowest BCUT2D eigenvalue weighted by Crippen LogP contribution is -2.49. The van der Waals surface area contributed by atoms with Crippen LogP contribution in [0.25, 0.3) is 6.08 Å². The van der Waals surface area contributed by atoms with Gasteiger partial charge in [-0.15, -0.1) is 0 Å². The Morgan fingerprint density at radius 1 is 1.15 bits per heavy atom. The van der Waals surface area contributed by atoms with Gasteiger partial charge in [-0.25, -0.2) is 4.79 Å². The molecule has 0 spiro atoms. The summed E-state index contributed by atoms with van der Waals surface area (Å²) in [4.78, 5) is 27.7. The number of carbonyl (C=O) groups is 2. The van der Waals surface area contributed by atoms with E-state index in [4.69, 9.17) is 9.47 Å². The molecule has 148 valence electrons. The largest absolute Gasteiger partial charge is 0.504 e. The molecule has 1 aromatic carbocycles. The average Bonchev–Trinajstić information content (AvgIpc) is 2.67. The van der Waals surface area contributed by atoms with Crippen molar-refractivity contribution in [3.05, 3.63) is 29.8 Å². The summed E-state index contributed by atoms with van der Waals surface area (Å²) < 4.78 is 10.3. The first kappa shape index (κ1) is 20.8. The first-order valence-corrected chi connectivity index (χ1v) is 9.34. The quantitative estimate of drug-likeness (QED) is 0.703. The van der Waals surface area contributed by atoms with E-state index in [1.54, 1.807) is 42.2 Å². The van der Waals surface area contributed by atoms with Crippen molar-refractivity contribution < 1.29 is 24.2 Å². The smallest absolute Gasteiger partial charge is 0.409 e. The standard InChI is InChI=1S/C20H28N2O5/c1-3-26-19-15-16(6-8-18(19)24)5-7-17(23)9-10-21-11-13-22(14-12-21)20(25)27-4-2/h5-8,15,24H,3-4,9-14H2,1-2H3. The second kappa shape index (κ2) is 10.6. The van der Waals surface area contributed by atoms with Crippen LogP contribution in [-0.2, 0) is 9.53 Å². The normalized spacial score (nSPS) is 15.1. The van der Waals surface area contributed by atoms with Gasteiger partial charge in [0.2, 0.25) is 0 Å². The highest BCUT2D eigenvalue weighted by atomic mass is 16.6. The van der Waals surface area contributed by atoms with E-state index >= 15 is 0 Å². The molecule has 7 nitrogen and oxygen atoms in total. The minimum atomic E-state index is -0.267. The first-order chi connectivity index (χ1) is 13.0.